The van der Waals surface area contributed by atoms with Gasteiger partial charge in [0, 0.05) is 37.5 Å². The highest BCUT2D eigenvalue weighted by atomic mass is 19.1. The molecule has 0 heterocycles. The maximum absolute atomic E-state index is 13.8. The maximum Gasteiger partial charge on any atom is 0.130 e. The van der Waals surface area contributed by atoms with E-state index in [1.54, 1.807) is 20.1 Å². The first-order valence-corrected chi connectivity index (χ1v) is 5.89. The van der Waals surface area contributed by atoms with E-state index in [-0.39, 0.29) is 11.9 Å². The van der Waals surface area contributed by atoms with E-state index in [2.05, 4.69) is 4.90 Å². The number of nitrogens with two attached hydrogens (primary N) is 1. The zero-order chi connectivity index (χ0) is 12.8. The second-order valence-electron chi connectivity index (χ2n) is 4.03. The molecular weight excluding hydrogens is 219 g/mol. The van der Waals surface area contributed by atoms with Gasteiger partial charge in [0.25, 0.3) is 0 Å². The Morgan fingerprint density at radius 1 is 1.47 bits per heavy atom. The topological polar surface area (TPSA) is 38.5 Å². The quantitative estimate of drug-likeness (QED) is 0.829. The smallest absolute Gasteiger partial charge is 0.130 e. The van der Waals surface area contributed by atoms with Crippen LogP contribution >= 0.6 is 0 Å². The summed E-state index contributed by atoms with van der Waals surface area (Å²) in [7, 11) is 1.66. The van der Waals surface area contributed by atoms with Gasteiger partial charge in [0.2, 0.25) is 0 Å². The Bertz CT molecular complexity index is 355. The molecule has 3 nitrogen and oxygen atoms in total. The van der Waals surface area contributed by atoms with Gasteiger partial charge in [-0.15, -0.1) is 0 Å². The van der Waals surface area contributed by atoms with Crippen LogP contribution in [-0.2, 0) is 4.74 Å². The molecule has 0 aliphatic heterocycles. The lowest BCUT2D eigenvalue weighted by Crippen LogP contribution is -2.29. The van der Waals surface area contributed by atoms with E-state index in [1.165, 1.54) is 6.07 Å². The average Bonchev–Trinajstić information content (AvgIpc) is 2.29. The molecule has 0 radical (unpaired) electrons. The lowest BCUT2D eigenvalue weighted by atomic mass is 10.0. The van der Waals surface area contributed by atoms with E-state index < -0.39 is 0 Å². The third-order valence-corrected chi connectivity index (χ3v) is 2.77. The van der Waals surface area contributed by atoms with Crippen molar-refractivity contribution in [2.45, 2.75) is 19.9 Å². The highest BCUT2D eigenvalue weighted by Gasteiger charge is 2.16. The van der Waals surface area contributed by atoms with Gasteiger partial charge < -0.3 is 15.4 Å². The molecule has 0 aliphatic rings. The van der Waals surface area contributed by atoms with Crippen LogP contribution in [0.15, 0.2) is 18.2 Å². The Balaban J connectivity index is 3.05. The van der Waals surface area contributed by atoms with Crippen LogP contribution in [0.3, 0.4) is 0 Å². The van der Waals surface area contributed by atoms with Crippen molar-refractivity contribution < 1.29 is 9.13 Å². The van der Waals surface area contributed by atoms with Gasteiger partial charge in [0.15, 0.2) is 0 Å². The second-order valence-corrected chi connectivity index (χ2v) is 4.03. The van der Waals surface area contributed by atoms with Crippen molar-refractivity contribution in [3.05, 3.63) is 29.6 Å². The summed E-state index contributed by atoms with van der Waals surface area (Å²) in [5.74, 6) is -0.242. The van der Waals surface area contributed by atoms with Gasteiger partial charge in [-0.25, -0.2) is 4.39 Å². The summed E-state index contributed by atoms with van der Waals surface area (Å²) >= 11 is 0. The number of likely N-dealkylation sites (N-methyl/N-ethyl adjacent to an activating group) is 1. The van der Waals surface area contributed by atoms with E-state index in [9.17, 15) is 4.39 Å². The number of ether oxygens (including phenoxy) is 1. The molecule has 2 N–H and O–H groups in total. The summed E-state index contributed by atoms with van der Waals surface area (Å²) in [5, 5.41) is 0. The Labute approximate surface area is 102 Å². The highest BCUT2D eigenvalue weighted by molar-refractivity contribution is 5.55. The van der Waals surface area contributed by atoms with Crippen LogP contribution in [0.25, 0.3) is 0 Å². The van der Waals surface area contributed by atoms with Gasteiger partial charge in [-0.2, -0.15) is 0 Å². The number of anilines is 1. The van der Waals surface area contributed by atoms with Gasteiger partial charge in [-0.3, -0.25) is 0 Å². The Morgan fingerprint density at radius 3 is 2.71 bits per heavy atom. The molecule has 0 fully saturated rings. The molecule has 17 heavy (non-hydrogen) atoms. The number of nitrogens with zero attached hydrogens (tertiary/aromatic N) is 1. The number of methoxy groups -OCH3 is 1. The Hall–Kier alpha value is -1.13. The first kappa shape index (κ1) is 13.9. The van der Waals surface area contributed by atoms with Crippen molar-refractivity contribution in [1.82, 2.24) is 0 Å². The first-order valence-electron chi connectivity index (χ1n) is 5.89. The van der Waals surface area contributed by atoms with Gasteiger partial charge in [-0.05, 0) is 26.0 Å². The van der Waals surface area contributed by atoms with Crippen LogP contribution in [0.2, 0.25) is 0 Å². The molecule has 0 saturated heterocycles. The summed E-state index contributed by atoms with van der Waals surface area (Å²) in [6.45, 7) is 5.98. The predicted octanol–water partition coefficient (Wildman–Crippen LogP) is 2.32. The molecule has 0 saturated carbocycles. The van der Waals surface area contributed by atoms with Crippen molar-refractivity contribution in [2.24, 2.45) is 5.73 Å². The minimum atomic E-state index is -0.317. The van der Waals surface area contributed by atoms with Crippen molar-refractivity contribution in [3.8, 4) is 0 Å². The number of hydrogen-bond donors (Lipinski definition) is 1. The standard InChI is InChI=1S/C13H21FN2O/c1-4-16(8-9-17-3)12-7-5-6-11(14)13(12)10(2)15/h5-7,10H,4,8-9,15H2,1-3H3. The normalized spacial score (nSPS) is 12.5. The zero-order valence-electron chi connectivity index (χ0n) is 10.7. The molecule has 96 valence electrons. The molecule has 0 amide bonds. The highest BCUT2D eigenvalue weighted by Crippen LogP contribution is 2.27. The molecule has 1 rings (SSSR count). The largest absolute Gasteiger partial charge is 0.383 e. The van der Waals surface area contributed by atoms with Crippen LogP contribution in [0.4, 0.5) is 10.1 Å². The molecular formula is C13H21FN2O. The average molecular weight is 240 g/mol. The molecule has 0 aromatic heterocycles. The molecule has 0 bridgehead atoms. The van der Waals surface area contributed by atoms with Crippen LogP contribution in [0.1, 0.15) is 25.5 Å². The third kappa shape index (κ3) is 3.41. The summed E-state index contributed by atoms with van der Waals surface area (Å²) in [4.78, 5) is 2.07. The van der Waals surface area contributed by atoms with Crippen molar-refractivity contribution >= 4 is 5.69 Å². The van der Waals surface area contributed by atoms with Crippen molar-refractivity contribution in [1.29, 1.82) is 0 Å². The van der Waals surface area contributed by atoms with Crippen LogP contribution in [-0.4, -0.2) is 26.8 Å². The van der Waals surface area contributed by atoms with Gasteiger partial charge in [0.1, 0.15) is 5.82 Å². The summed E-state index contributed by atoms with van der Waals surface area (Å²) in [5.41, 5.74) is 7.27. The molecule has 1 aromatic carbocycles. The van der Waals surface area contributed by atoms with E-state index >= 15 is 0 Å². The van der Waals surface area contributed by atoms with E-state index in [0.717, 1.165) is 18.8 Å². The predicted molar refractivity (Wildman–Crippen MR) is 68.8 cm³/mol. The molecule has 1 unspecified atom stereocenters. The van der Waals surface area contributed by atoms with E-state index in [4.69, 9.17) is 10.5 Å². The molecule has 1 atom stereocenters. The number of halogens is 1. The lowest BCUT2D eigenvalue weighted by molar-refractivity contribution is 0.205. The fraction of sp³-hybridized carbons (Fsp3) is 0.538. The number of benzene rings is 1. The van der Waals surface area contributed by atoms with Crippen molar-refractivity contribution in [2.75, 3.05) is 31.7 Å². The minimum Gasteiger partial charge on any atom is -0.383 e. The maximum atomic E-state index is 13.8. The molecule has 4 heteroatoms. The molecule has 0 spiro atoms. The number of hydrogen-bond acceptors (Lipinski definition) is 3. The zero-order valence-corrected chi connectivity index (χ0v) is 10.7. The fourth-order valence-electron chi connectivity index (χ4n) is 1.90. The van der Waals surface area contributed by atoms with Crippen LogP contribution < -0.4 is 10.6 Å². The van der Waals surface area contributed by atoms with Crippen LogP contribution in [0.5, 0.6) is 0 Å². The second kappa shape index (κ2) is 6.57. The summed E-state index contributed by atoms with van der Waals surface area (Å²) < 4.78 is 18.8. The van der Waals surface area contributed by atoms with Gasteiger partial charge in [0.05, 0.1) is 6.61 Å². The number of rotatable bonds is 6. The molecule has 1 aromatic rings. The summed E-state index contributed by atoms with van der Waals surface area (Å²) in [6.07, 6.45) is 0. The van der Waals surface area contributed by atoms with Gasteiger partial charge in [-0.1, -0.05) is 6.07 Å². The van der Waals surface area contributed by atoms with E-state index in [0.29, 0.717) is 12.2 Å². The van der Waals surface area contributed by atoms with Crippen molar-refractivity contribution in [3.63, 3.8) is 0 Å². The van der Waals surface area contributed by atoms with E-state index in [1.807, 2.05) is 13.0 Å². The Kier molecular flexibility index (Phi) is 5.38. The lowest BCUT2D eigenvalue weighted by Gasteiger charge is -2.26. The Morgan fingerprint density at radius 2 is 2.18 bits per heavy atom. The fourth-order valence-corrected chi connectivity index (χ4v) is 1.90. The monoisotopic (exact) mass is 240 g/mol. The van der Waals surface area contributed by atoms with Crippen LogP contribution in [0, 0.1) is 5.82 Å². The third-order valence-electron chi connectivity index (χ3n) is 2.77. The van der Waals surface area contributed by atoms with Gasteiger partial charge >= 0.3 is 0 Å². The SMILES string of the molecule is CCN(CCOC)c1cccc(F)c1C(C)N. The first-order chi connectivity index (χ1) is 8.11. The molecule has 0 aliphatic carbocycles. The minimum absolute atomic E-state index is 0.242. The summed E-state index contributed by atoms with van der Waals surface area (Å²) in [6, 6.07) is 4.75.